The Morgan fingerprint density at radius 1 is 1.27 bits per heavy atom. The number of para-hydroxylation sites is 2. The minimum absolute atomic E-state index is 0.229. The molecule has 3 heterocycles. The normalized spacial score (nSPS) is 15.0. The summed E-state index contributed by atoms with van der Waals surface area (Å²) in [5.41, 5.74) is 3.61. The van der Waals surface area contributed by atoms with Crippen LogP contribution in [0.1, 0.15) is 21.5 Å². The quantitative estimate of drug-likeness (QED) is 0.726. The zero-order valence-corrected chi connectivity index (χ0v) is 14.9. The third kappa shape index (κ3) is 3.06. The van der Waals surface area contributed by atoms with Crippen molar-refractivity contribution >= 4 is 32.9 Å². The van der Waals surface area contributed by atoms with Crippen molar-refractivity contribution in [3.05, 3.63) is 53.3 Å². The standard InChI is InChI=1S/C17H17N5O3S/c1-26(24,25)22-7-6-12-11(10-22)8-18-9-13(12)16(23)21-17-19-14-4-2-3-5-15(14)20-17/h2-5,8-9H,6-7,10H2,1H3,(H2,19,20,21,23). The van der Waals surface area contributed by atoms with E-state index in [-0.39, 0.29) is 12.5 Å². The number of imidazole rings is 1. The molecule has 0 fully saturated rings. The van der Waals surface area contributed by atoms with Crippen LogP contribution in [0.25, 0.3) is 11.0 Å². The second-order valence-electron chi connectivity index (χ2n) is 6.23. The summed E-state index contributed by atoms with van der Waals surface area (Å²) in [6, 6.07) is 7.49. The first-order valence-corrected chi connectivity index (χ1v) is 9.93. The lowest BCUT2D eigenvalue weighted by Gasteiger charge is -2.27. The number of hydrogen-bond acceptors (Lipinski definition) is 5. The average molecular weight is 371 g/mol. The number of sulfonamides is 1. The Morgan fingerprint density at radius 2 is 2.08 bits per heavy atom. The first kappa shape index (κ1) is 16.7. The van der Waals surface area contributed by atoms with Gasteiger partial charge in [0, 0.05) is 25.5 Å². The molecule has 1 aliphatic heterocycles. The van der Waals surface area contributed by atoms with Crippen LogP contribution in [-0.4, -0.2) is 46.4 Å². The number of rotatable bonds is 3. The van der Waals surface area contributed by atoms with Gasteiger partial charge in [0.2, 0.25) is 16.0 Å². The number of carbonyl (C=O) groups is 1. The topological polar surface area (TPSA) is 108 Å². The van der Waals surface area contributed by atoms with E-state index in [1.54, 1.807) is 6.20 Å². The second-order valence-corrected chi connectivity index (χ2v) is 8.21. The van der Waals surface area contributed by atoms with Crippen molar-refractivity contribution in [3.8, 4) is 0 Å². The predicted octanol–water partition coefficient (Wildman–Crippen LogP) is 1.53. The Morgan fingerprint density at radius 3 is 2.85 bits per heavy atom. The number of carbonyl (C=O) groups excluding carboxylic acids is 1. The number of aromatic amines is 1. The van der Waals surface area contributed by atoms with Crippen LogP contribution in [0.4, 0.5) is 5.95 Å². The zero-order chi connectivity index (χ0) is 18.3. The maximum atomic E-state index is 12.7. The van der Waals surface area contributed by atoms with Gasteiger partial charge in [0.05, 0.1) is 22.9 Å². The van der Waals surface area contributed by atoms with Crippen LogP contribution in [0.3, 0.4) is 0 Å². The maximum absolute atomic E-state index is 12.7. The van der Waals surface area contributed by atoms with Gasteiger partial charge in [0.15, 0.2) is 0 Å². The molecule has 3 aromatic rings. The first-order valence-electron chi connectivity index (χ1n) is 8.09. The zero-order valence-electron chi connectivity index (χ0n) is 14.1. The number of nitrogens with zero attached hydrogens (tertiary/aromatic N) is 3. The minimum Gasteiger partial charge on any atom is -0.324 e. The van der Waals surface area contributed by atoms with Gasteiger partial charge in [-0.1, -0.05) is 12.1 Å². The smallest absolute Gasteiger partial charge is 0.259 e. The number of amides is 1. The summed E-state index contributed by atoms with van der Waals surface area (Å²) in [5.74, 6) is 0.0450. The number of fused-ring (bicyclic) bond motifs is 2. The lowest BCUT2D eigenvalue weighted by Crippen LogP contribution is -2.36. The molecular weight excluding hydrogens is 354 g/mol. The summed E-state index contributed by atoms with van der Waals surface area (Å²) >= 11 is 0. The third-order valence-electron chi connectivity index (χ3n) is 4.44. The molecule has 2 aromatic heterocycles. The van der Waals surface area contributed by atoms with Gasteiger partial charge in [-0.25, -0.2) is 13.4 Å². The summed E-state index contributed by atoms with van der Waals surface area (Å²) in [6.45, 7) is 0.577. The van der Waals surface area contributed by atoms with E-state index in [0.717, 1.165) is 22.2 Å². The lowest BCUT2D eigenvalue weighted by atomic mass is 9.98. The number of benzene rings is 1. The van der Waals surface area contributed by atoms with Crippen LogP contribution in [0.15, 0.2) is 36.7 Å². The summed E-state index contributed by atoms with van der Waals surface area (Å²) < 4.78 is 24.9. The van der Waals surface area contributed by atoms with Gasteiger partial charge >= 0.3 is 0 Å². The van der Waals surface area contributed by atoms with E-state index >= 15 is 0 Å². The molecule has 0 radical (unpaired) electrons. The lowest BCUT2D eigenvalue weighted by molar-refractivity contribution is 0.102. The molecule has 1 aliphatic rings. The minimum atomic E-state index is -3.28. The summed E-state index contributed by atoms with van der Waals surface area (Å²) in [6.07, 6.45) is 4.77. The van der Waals surface area contributed by atoms with E-state index in [0.29, 0.717) is 24.5 Å². The van der Waals surface area contributed by atoms with E-state index in [9.17, 15) is 13.2 Å². The van der Waals surface area contributed by atoms with Gasteiger partial charge in [0.25, 0.3) is 5.91 Å². The monoisotopic (exact) mass is 371 g/mol. The molecule has 0 bridgehead atoms. The van der Waals surface area contributed by atoms with Crippen LogP contribution < -0.4 is 5.32 Å². The number of hydrogen-bond donors (Lipinski definition) is 2. The fraction of sp³-hybridized carbons (Fsp3) is 0.235. The van der Waals surface area contributed by atoms with Crippen molar-refractivity contribution in [1.82, 2.24) is 19.3 Å². The van der Waals surface area contributed by atoms with Crippen molar-refractivity contribution in [2.75, 3.05) is 18.1 Å². The maximum Gasteiger partial charge on any atom is 0.259 e. The molecule has 0 aliphatic carbocycles. The Hall–Kier alpha value is -2.78. The Kier molecular flexibility index (Phi) is 3.97. The highest BCUT2D eigenvalue weighted by Gasteiger charge is 2.26. The molecule has 0 spiro atoms. The van der Waals surface area contributed by atoms with E-state index in [1.807, 2.05) is 24.3 Å². The van der Waals surface area contributed by atoms with Gasteiger partial charge in [-0.15, -0.1) is 0 Å². The van der Waals surface area contributed by atoms with Gasteiger partial charge in [-0.2, -0.15) is 4.31 Å². The molecule has 8 nitrogen and oxygen atoms in total. The SMILES string of the molecule is CS(=O)(=O)N1CCc2c(cncc2C(=O)Nc2nc3ccccc3[nH]2)C1. The van der Waals surface area contributed by atoms with Crippen molar-refractivity contribution < 1.29 is 13.2 Å². The fourth-order valence-electron chi connectivity index (χ4n) is 3.13. The summed E-state index contributed by atoms with van der Waals surface area (Å²) in [4.78, 5) is 24.2. The molecule has 0 unspecified atom stereocenters. The number of anilines is 1. The summed E-state index contributed by atoms with van der Waals surface area (Å²) in [7, 11) is -3.28. The third-order valence-corrected chi connectivity index (χ3v) is 5.69. The van der Waals surface area contributed by atoms with E-state index in [1.165, 1.54) is 16.8 Å². The highest BCUT2D eigenvalue weighted by Crippen LogP contribution is 2.24. The largest absolute Gasteiger partial charge is 0.324 e. The summed E-state index contributed by atoms with van der Waals surface area (Å²) in [5, 5.41) is 2.76. The molecule has 2 N–H and O–H groups in total. The van der Waals surface area contributed by atoms with Crippen LogP contribution in [0.5, 0.6) is 0 Å². The number of aromatic nitrogens is 3. The van der Waals surface area contributed by atoms with Crippen molar-refractivity contribution in [2.45, 2.75) is 13.0 Å². The van der Waals surface area contributed by atoms with Crippen LogP contribution in [0, 0.1) is 0 Å². The van der Waals surface area contributed by atoms with E-state index < -0.39 is 10.0 Å². The van der Waals surface area contributed by atoms with Crippen LogP contribution in [-0.2, 0) is 23.0 Å². The predicted molar refractivity (Wildman–Crippen MR) is 97.2 cm³/mol. The number of pyridine rings is 1. The molecule has 134 valence electrons. The van der Waals surface area contributed by atoms with Crippen molar-refractivity contribution in [2.24, 2.45) is 0 Å². The molecule has 0 atom stereocenters. The average Bonchev–Trinajstić information content (AvgIpc) is 3.02. The van der Waals surface area contributed by atoms with Gasteiger partial charge < -0.3 is 4.98 Å². The molecule has 4 rings (SSSR count). The highest BCUT2D eigenvalue weighted by atomic mass is 32.2. The Labute approximate surface area is 150 Å². The van der Waals surface area contributed by atoms with Crippen LogP contribution >= 0.6 is 0 Å². The number of H-pyrrole nitrogens is 1. The fourth-order valence-corrected chi connectivity index (χ4v) is 3.93. The van der Waals surface area contributed by atoms with Gasteiger partial charge in [0.1, 0.15) is 0 Å². The van der Waals surface area contributed by atoms with Gasteiger partial charge in [-0.05, 0) is 29.7 Å². The van der Waals surface area contributed by atoms with Crippen molar-refractivity contribution in [1.29, 1.82) is 0 Å². The Balaban J connectivity index is 1.61. The van der Waals surface area contributed by atoms with E-state index in [4.69, 9.17) is 0 Å². The first-order chi connectivity index (χ1) is 12.4. The van der Waals surface area contributed by atoms with Crippen molar-refractivity contribution in [3.63, 3.8) is 0 Å². The Bertz CT molecular complexity index is 1070. The molecular formula is C17H17N5O3S. The number of nitrogens with one attached hydrogen (secondary N) is 2. The molecule has 1 aromatic carbocycles. The van der Waals surface area contributed by atoms with E-state index in [2.05, 4.69) is 20.3 Å². The molecule has 26 heavy (non-hydrogen) atoms. The second kappa shape index (κ2) is 6.19. The molecule has 9 heteroatoms. The van der Waals surface area contributed by atoms with Crippen LogP contribution in [0.2, 0.25) is 0 Å². The molecule has 0 saturated carbocycles. The van der Waals surface area contributed by atoms with Gasteiger partial charge in [-0.3, -0.25) is 15.1 Å². The molecule has 0 saturated heterocycles. The molecule has 1 amide bonds. The highest BCUT2D eigenvalue weighted by molar-refractivity contribution is 7.88.